The number of amides is 1. The molecule has 3 aliphatic carbocycles. The predicted molar refractivity (Wildman–Crippen MR) is 93.8 cm³/mol. The number of piperidine rings is 1. The van der Waals surface area contributed by atoms with Crippen LogP contribution in [0.1, 0.15) is 54.1 Å². The number of carbonyl (C=O) groups is 1. The minimum Gasteiger partial charge on any atom is -0.352 e. The van der Waals surface area contributed by atoms with E-state index < -0.39 is 0 Å². The van der Waals surface area contributed by atoms with E-state index in [9.17, 15) is 4.79 Å². The number of nitrogens with one attached hydrogen (secondary N) is 2. The van der Waals surface area contributed by atoms with Crippen LogP contribution in [0.2, 0.25) is 0 Å². The quantitative estimate of drug-likeness (QED) is 0.833. The van der Waals surface area contributed by atoms with Gasteiger partial charge in [-0.15, -0.1) is 0 Å². The summed E-state index contributed by atoms with van der Waals surface area (Å²) in [6.45, 7) is 2.79. The van der Waals surface area contributed by atoms with Crippen LogP contribution in [-0.4, -0.2) is 35.3 Å². The van der Waals surface area contributed by atoms with Crippen LogP contribution in [0.4, 0.5) is 0 Å². The first-order valence-electron chi connectivity index (χ1n) is 9.41. The highest BCUT2D eigenvalue weighted by molar-refractivity contribution is 5.95. The van der Waals surface area contributed by atoms with E-state index in [4.69, 9.17) is 0 Å². The Morgan fingerprint density at radius 1 is 1.38 bits per heavy atom. The summed E-state index contributed by atoms with van der Waals surface area (Å²) in [4.78, 5) is 12.8. The predicted octanol–water partition coefficient (Wildman–Crippen LogP) is 2.22. The minimum absolute atomic E-state index is 0.0501. The van der Waals surface area contributed by atoms with Gasteiger partial charge in [-0.1, -0.05) is 12.2 Å². The van der Waals surface area contributed by atoms with Crippen LogP contribution in [0.5, 0.6) is 0 Å². The zero-order valence-electron chi connectivity index (χ0n) is 14.5. The average molecular weight is 328 g/mol. The monoisotopic (exact) mass is 328 g/mol. The Labute approximate surface area is 143 Å². The van der Waals surface area contributed by atoms with Crippen molar-refractivity contribution in [3.05, 3.63) is 29.6 Å². The first kappa shape index (κ1) is 15.9. The second-order valence-electron chi connectivity index (χ2n) is 7.74. The number of allylic oxidation sites excluding steroid dienone is 2. The molecule has 5 heteroatoms. The maximum Gasteiger partial charge on any atom is 0.254 e. The van der Waals surface area contributed by atoms with Crippen molar-refractivity contribution < 1.29 is 4.79 Å². The highest BCUT2D eigenvalue weighted by Crippen LogP contribution is 2.40. The summed E-state index contributed by atoms with van der Waals surface area (Å²) < 4.78 is 1.78. The number of nitrogens with zero attached hydrogens (tertiary/aromatic N) is 2. The average Bonchev–Trinajstić information content (AvgIpc) is 3.03. The summed E-state index contributed by atoms with van der Waals surface area (Å²) in [5, 5.41) is 11.2. The molecular formula is C19H28N4O. The van der Waals surface area contributed by atoms with Crippen molar-refractivity contribution in [2.75, 3.05) is 19.6 Å². The van der Waals surface area contributed by atoms with Gasteiger partial charge in [0.05, 0.1) is 11.3 Å². The second-order valence-corrected chi connectivity index (χ2v) is 7.74. The van der Waals surface area contributed by atoms with Crippen molar-refractivity contribution in [1.29, 1.82) is 0 Å². The SMILES string of the molecule is Cn1cc(C(=O)NCC2CC3C=CC2CC3)c(C2CCCNC2)n1. The van der Waals surface area contributed by atoms with E-state index in [2.05, 4.69) is 27.9 Å². The Bertz CT molecular complexity index is 629. The molecule has 2 N–H and O–H groups in total. The first-order chi connectivity index (χ1) is 11.7. The minimum atomic E-state index is 0.0501. The van der Waals surface area contributed by atoms with Gasteiger partial charge in [0, 0.05) is 32.3 Å². The molecule has 1 saturated heterocycles. The van der Waals surface area contributed by atoms with E-state index in [1.165, 1.54) is 19.3 Å². The summed E-state index contributed by atoms with van der Waals surface area (Å²) in [6.07, 6.45) is 12.7. The van der Waals surface area contributed by atoms with Crippen molar-refractivity contribution in [1.82, 2.24) is 20.4 Å². The van der Waals surface area contributed by atoms with Crippen molar-refractivity contribution in [3.63, 3.8) is 0 Å². The van der Waals surface area contributed by atoms with Crippen LogP contribution in [0.15, 0.2) is 18.3 Å². The van der Waals surface area contributed by atoms with E-state index in [0.717, 1.165) is 49.7 Å². The maximum atomic E-state index is 12.8. The molecule has 0 spiro atoms. The number of hydrogen-bond donors (Lipinski definition) is 2. The fourth-order valence-electron chi connectivity index (χ4n) is 4.67. The number of fused-ring (bicyclic) bond motifs is 2. The molecule has 2 fully saturated rings. The van der Waals surface area contributed by atoms with Gasteiger partial charge in [-0.2, -0.15) is 5.10 Å². The van der Waals surface area contributed by atoms with Crippen molar-refractivity contribution in [2.24, 2.45) is 24.8 Å². The van der Waals surface area contributed by atoms with E-state index in [1.54, 1.807) is 4.68 Å². The summed E-state index contributed by atoms with van der Waals surface area (Å²) >= 11 is 0. The Balaban J connectivity index is 1.42. The normalized spacial score (nSPS) is 32.0. The first-order valence-corrected chi connectivity index (χ1v) is 9.41. The van der Waals surface area contributed by atoms with E-state index in [0.29, 0.717) is 17.8 Å². The molecule has 5 nitrogen and oxygen atoms in total. The molecule has 4 unspecified atom stereocenters. The van der Waals surface area contributed by atoms with Crippen molar-refractivity contribution >= 4 is 5.91 Å². The van der Waals surface area contributed by atoms with Crippen LogP contribution in [0.3, 0.4) is 0 Å². The molecule has 1 amide bonds. The molecular weight excluding hydrogens is 300 g/mol. The van der Waals surface area contributed by atoms with Gasteiger partial charge in [-0.3, -0.25) is 9.48 Å². The molecule has 0 radical (unpaired) electrons. The van der Waals surface area contributed by atoms with Gasteiger partial charge in [0.15, 0.2) is 0 Å². The van der Waals surface area contributed by atoms with E-state index >= 15 is 0 Å². The highest BCUT2D eigenvalue weighted by atomic mass is 16.1. The van der Waals surface area contributed by atoms with Crippen LogP contribution in [0, 0.1) is 17.8 Å². The summed E-state index contributed by atoms with van der Waals surface area (Å²) in [5.74, 6) is 2.41. The molecule has 1 aromatic heterocycles. The summed E-state index contributed by atoms with van der Waals surface area (Å²) in [7, 11) is 1.90. The third kappa shape index (κ3) is 3.14. The summed E-state index contributed by atoms with van der Waals surface area (Å²) in [5.41, 5.74) is 1.73. The Kier molecular flexibility index (Phi) is 4.44. The van der Waals surface area contributed by atoms with Crippen molar-refractivity contribution in [2.45, 2.75) is 38.0 Å². The molecule has 4 atom stereocenters. The largest absolute Gasteiger partial charge is 0.352 e. The Morgan fingerprint density at radius 2 is 2.29 bits per heavy atom. The molecule has 130 valence electrons. The molecule has 4 aliphatic rings. The van der Waals surface area contributed by atoms with Gasteiger partial charge in [-0.05, 0) is 56.4 Å². The smallest absolute Gasteiger partial charge is 0.254 e. The third-order valence-electron chi connectivity index (χ3n) is 6.02. The van der Waals surface area contributed by atoms with Gasteiger partial charge in [0.1, 0.15) is 0 Å². The molecule has 1 saturated carbocycles. The Morgan fingerprint density at radius 3 is 2.96 bits per heavy atom. The number of rotatable bonds is 4. The van der Waals surface area contributed by atoms with Gasteiger partial charge in [0.2, 0.25) is 0 Å². The third-order valence-corrected chi connectivity index (χ3v) is 6.02. The second kappa shape index (κ2) is 6.71. The number of aromatic nitrogens is 2. The van der Waals surface area contributed by atoms with Gasteiger partial charge in [0.25, 0.3) is 5.91 Å². The molecule has 24 heavy (non-hydrogen) atoms. The Hall–Kier alpha value is -1.62. The van der Waals surface area contributed by atoms with Gasteiger partial charge in [-0.25, -0.2) is 0 Å². The topological polar surface area (TPSA) is 59.0 Å². The fourth-order valence-corrected chi connectivity index (χ4v) is 4.67. The van der Waals surface area contributed by atoms with Gasteiger partial charge < -0.3 is 10.6 Å². The van der Waals surface area contributed by atoms with Crippen LogP contribution in [0.25, 0.3) is 0 Å². The van der Waals surface area contributed by atoms with Crippen molar-refractivity contribution in [3.8, 4) is 0 Å². The molecule has 1 aromatic rings. The van der Waals surface area contributed by atoms with E-state index in [-0.39, 0.29) is 5.91 Å². The molecule has 0 aromatic carbocycles. The number of hydrogen-bond acceptors (Lipinski definition) is 3. The standard InChI is InChI=1S/C19H28N4O/c1-23-12-17(18(22-23)15-3-2-8-20-10-15)19(24)21-11-16-9-13-4-6-14(16)7-5-13/h4,6,12-16,20H,2-3,5,7-11H2,1H3,(H,21,24). The molecule has 2 heterocycles. The molecule has 1 aliphatic heterocycles. The maximum absolute atomic E-state index is 12.8. The van der Waals surface area contributed by atoms with Crippen LogP contribution in [-0.2, 0) is 7.05 Å². The van der Waals surface area contributed by atoms with Crippen LogP contribution >= 0.6 is 0 Å². The molecule has 5 rings (SSSR count). The van der Waals surface area contributed by atoms with E-state index in [1.807, 2.05) is 13.2 Å². The fraction of sp³-hybridized carbons (Fsp3) is 0.684. The zero-order valence-corrected chi connectivity index (χ0v) is 14.5. The summed E-state index contributed by atoms with van der Waals surface area (Å²) in [6, 6.07) is 0. The highest BCUT2D eigenvalue weighted by Gasteiger charge is 2.32. The zero-order chi connectivity index (χ0) is 16.5. The van der Waals surface area contributed by atoms with Gasteiger partial charge >= 0.3 is 0 Å². The number of aryl methyl sites for hydroxylation is 1. The molecule has 2 bridgehead atoms. The lowest BCUT2D eigenvalue weighted by Crippen LogP contribution is -2.37. The lowest BCUT2D eigenvalue weighted by molar-refractivity contribution is 0.0931. The van der Waals surface area contributed by atoms with Crippen LogP contribution < -0.4 is 10.6 Å². The lowest BCUT2D eigenvalue weighted by atomic mass is 9.69. The lowest BCUT2D eigenvalue weighted by Gasteiger charge is -2.38. The number of carbonyl (C=O) groups excluding carboxylic acids is 1.